The van der Waals surface area contributed by atoms with Crippen LogP contribution in [0.2, 0.25) is 0 Å². The molecule has 1 aliphatic carbocycles. The molecule has 1 aliphatic rings. The molecule has 1 fully saturated rings. The molecule has 1 saturated carbocycles. The van der Waals surface area contributed by atoms with E-state index in [1.807, 2.05) is 12.2 Å². The number of rotatable bonds is 12. The average molecular weight is 366 g/mol. The van der Waals surface area contributed by atoms with Crippen molar-refractivity contribution in [2.45, 2.75) is 83.3 Å². The minimum absolute atomic E-state index is 0.0161. The molecule has 0 aliphatic heterocycles. The first-order valence-corrected chi connectivity index (χ1v) is 9.76. The van der Waals surface area contributed by atoms with Crippen LogP contribution in [0.15, 0.2) is 24.3 Å². The van der Waals surface area contributed by atoms with Crippen LogP contribution in [0, 0.1) is 11.8 Å². The van der Waals surface area contributed by atoms with Gasteiger partial charge in [-0.25, -0.2) is 0 Å². The number of carboxylic acid groups (broad SMARTS) is 1. The van der Waals surface area contributed by atoms with E-state index < -0.39 is 17.7 Å². The Labute approximate surface area is 156 Å². The van der Waals surface area contributed by atoms with Crippen LogP contribution >= 0.6 is 0 Å². The molecule has 0 heterocycles. The number of aliphatic hydroxyl groups excluding tert-OH is 1. The Morgan fingerprint density at radius 1 is 1.27 bits per heavy atom. The molecular weight excluding hydrogens is 332 g/mol. The van der Waals surface area contributed by atoms with Gasteiger partial charge in [-0.2, -0.15) is 0 Å². The third-order valence-corrected chi connectivity index (χ3v) is 5.02. The number of carboxylic acids is 1. The predicted molar refractivity (Wildman–Crippen MR) is 102 cm³/mol. The van der Waals surface area contributed by atoms with E-state index in [2.05, 4.69) is 6.92 Å². The number of carbonyl (C=O) groups excluding carboxylic acids is 1. The van der Waals surface area contributed by atoms with Crippen LogP contribution in [-0.2, 0) is 9.59 Å². The second-order valence-electron chi connectivity index (χ2n) is 7.59. The smallest absolute Gasteiger partial charge is 0.303 e. The van der Waals surface area contributed by atoms with Gasteiger partial charge in [-0.05, 0) is 32.6 Å². The number of aliphatic hydroxyl groups is 2. The average Bonchev–Trinajstić information content (AvgIpc) is 2.82. The maximum Gasteiger partial charge on any atom is 0.303 e. The van der Waals surface area contributed by atoms with Crippen LogP contribution in [0.5, 0.6) is 0 Å². The van der Waals surface area contributed by atoms with Crippen molar-refractivity contribution >= 4 is 11.8 Å². The third-order valence-electron chi connectivity index (χ3n) is 5.02. The van der Waals surface area contributed by atoms with Gasteiger partial charge < -0.3 is 15.3 Å². The summed E-state index contributed by atoms with van der Waals surface area (Å²) in [5, 5.41) is 29.2. The number of allylic oxidation sites excluding steroid dienone is 3. The Morgan fingerprint density at radius 2 is 2.00 bits per heavy atom. The first-order chi connectivity index (χ1) is 12.3. The van der Waals surface area contributed by atoms with Crippen LogP contribution in [-0.4, -0.2) is 38.8 Å². The Morgan fingerprint density at radius 3 is 2.65 bits per heavy atom. The maximum atomic E-state index is 12.2. The lowest BCUT2D eigenvalue weighted by Crippen LogP contribution is -2.23. The van der Waals surface area contributed by atoms with Crippen LogP contribution in [0.4, 0.5) is 0 Å². The molecule has 26 heavy (non-hydrogen) atoms. The van der Waals surface area contributed by atoms with E-state index in [-0.39, 0.29) is 30.5 Å². The zero-order chi connectivity index (χ0) is 19.6. The molecule has 3 N–H and O–H groups in total. The highest BCUT2D eigenvalue weighted by Crippen LogP contribution is 2.34. The zero-order valence-electron chi connectivity index (χ0n) is 16.1. The van der Waals surface area contributed by atoms with Crippen LogP contribution in [0.3, 0.4) is 0 Å². The SMILES string of the molecule is CCCCC[C@@](C)(O)C=C[C@H]1C(=O)CC(O)C1C/C=C/CCCC(=O)O. The molecule has 0 spiro atoms. The number of aliphatic carboxylic acids is 1. The van der Waals surface area contributed by atoms with Gasteiger partial charge in [0.15, 0.2) is 0 Å². The highest BCUT2D eigenvalue weighted by molar-refractivity contribution is 5.86. The topological polar surface area (TPSA) is 94.8 Å². The summed E-state index contributed by atoms with van der Waals surface area (Å²) >= 11 is 0. The van der Waals surface area contributed by atoms with Crippen molar-refractivity contribution in [3.63, 3.8) is 0 Å². The molecular formula is C21H34O5. The van der Waals surface area contributed by atoms with Gasteiger partial charge in [0.25, 0.3) is 0 Å². The van der Waals surface area contributed by atoms with E-state index in [0.717, 1.165) is 19.3 Å². The largest absolute Gasteiger partial charge is 0.481 e. The highest BCUT2D eigenvalue weighted by atomic mass is 16.4. The highest BCUT2D eigenvalue weighted by Gasteiger charge is 2.39. The minimum atomic E-state index is -0.930. The summed E-state index contributed by atoms with van der Waals surface area (Å²) in [4.78, 5) is 22.7. The number of ketones is 1. The summed E-state index contributed by atoms with van der Waals surface area (Å²) < 4.78 is 0. The van der Waals surface area contributed by atoms with Gasteiger partial charge in [-0.1, -0.05) is 50.5 Å². The fourth-order valence-electron chi connectivity index (χ4n) is 3.39. The van der Waals surface area contributed by atoms with Crippen molar-refractivity contribution in [3.05, 3.63) is 24.3 Å². The van der Waals surface area contributed by atoms with E-state index in [1.165, 1.54) is 0 Å². The van der Waals surface area contributed by atoms with Crippen LogP contribution in [0.25, 0.3) is 0 Å². The predicted octanol–water partition coefficient (Wildman–Crippen LogP) is 3.64. The van der Waals surface area contributed by atoms with E-state index in [9.17, 15) is 19.8 Å². The van der Waals surface area contributed by atoms with Gasteiger partial charge in [0.2, 0.25) is 0 Å². The van der Waals surface area contributed by atoms with Crippen LogP contribution in [0.1, 0.15) is 71.6 Å². The molecule has 1 rings (SSSR count). The molecule has 5 heteroatoms. The number of hydrogen-bond donors (Lipinski definition) is 3. The summed E-state index contributed by atoms with van der Waals surface area (Å²) in [5.41, 5.74) is -0.930. The third kappa shape index (κ3) is 8.28. The second kappa shape index (κ2) is 11.3. The molecule has 0 saturated heterocycles. The summed E-state index contributed by atoms with van der Waals surface area (Å²) in [5.74, 6) is -1.33. The fraction of sp³-hybridized carbons (Fsp3) is 0.714. The fourth-order valence-corrected chi connectivity index (χ4v) is 3.39. The van der Waals surface area contributed by atoms with Crippen molar-refractivity contribution in [2.75, 3.05) is 0 Å². The van der Waals surface area contributed by atoms with Crippen molar-refractivity contribution in [1.29, 1.82) is 0 Å². The lowest BCUT2D eigenvalue weighted by molar-refractivity contribution is -0.137. The molecule has 5 nitrogen and oxygen atoms in total. The second-order valence-corrected chi connectivity index (χ2v) is 7.59. The van der Waals surface area contributed by atoms with Crippen molar-refractivity contribution < 1.29 is 24.9 Å². The summed E-state index contributed by atoms with van der Waals surface area (Å²) in [6.45, 7) is 3.87. The maximum absolute atomic E-state index is 12.2. The van der Waals surface area contributed by atoms with Gasteiger partial charge in [0.05, 0.1) is 11.7 Å². The van der Waals surface area contributed by atoms with E-state index in [1.54, 1.807) is 19.1 Å². The summed E-state index contributed by atoms with van der Waals surface area (Å²) in [7, 11) is 0. The standard InChI is InChI=1S/C21H34O5/c1-3-4-9-13-21(2,26)14-12-17-16(18(22)15-19(17)23)10-7-5-6-8-11-20(24)25/h5,7,12,14,16-18,22,26H,3-4,6,8-11,13,15H2,1-2H3,(H,24,25)/b7-5+,14-12?/t16?,17-,18?,21-/m1/s1. The molecule has 148 valence electrons. The molecule has 0 radical (unpaired) electrons. The Bertz CT molecular complexity index is 507. The number of carbonyl (C=O) groups is 2. The van der Waals surface area contributed by atoms with E-state index in [4.69, 9.17) is 5.11 Å². The normalized spacial score (nSPS) is 26.0. The monoisotopic (exact) mass is 366 g/mol. The quantitative estimate of drug-likeness (QED) is 0.362. The van der Waals surface area contributed by atoms with Gasteiger partial charge >= 0.3 is 5.97 Å². The summed E-state index contributed by atoms with van der Waals surface area (Å²) in [6, 6.07) is 0. The van der Waals surface area contributed by atoms with Gasteiger partial charge in [0, 0.05) is 24.7 Å². The van der Waals surface area contributed by atoms with Gasteiger partial charge in [-0.15, -0.1) is 0 Å². The Balaban J connectivity index is 2.58. The zero-order valence-corrected chi connectivity index (χ0v) is 16.1. The first-order valence-electron chi connectivity index (χ1n) is 9.76. The Kier molecular flexibility index (Phi) is 9.81. The van der Waals surface area contributed by atoms with Crippen LogP contribution < -0.4 is 0 Å². The number of unbranched alkanes of at least 4 members (excludes halogenated alkanes) is 3. The molecule has 0 amide bonds. The molecule has 4 atom stereocenters. The van der Waals surface area contributed by atoms with Gasteiger partial charge in [-0.3, -0.25) is 9.59 Å². The molecule has 0 aromatic carbocycles. The number of hydrogen-bond acceptors (Lipinski definition) is 4. The molecule has 0 aromatic rings. The molecule has 0 aromatic heterocycles. The van der Waals surface area contributed by atoms with E-state index >= 15 is 0 Å². The molecule has 0 bridgehead atoms. The van der Waals surface area contributed by atoms with Crippen molar-refractivity contribution in [2.24, 2.45) is 11.8 Å². The molecule has 2 unspecified atom stereocenters. The lowest BCUT2D eigenvalue weighted by Gasteiger charge is -2.21. The minimum Gasteiger partial charge on any atom is -0.481 e. The number of Topliss-reactive ketones (excluding diaryl/α,β-unsaturated/α-hetero) is 1. The summed E-state index contributed by atoms with van der Waals surface area (Å²) in [6.07, 6.45) is 12.6. The van der Waals surface area contributed by atoms with Crippen molar-refractivity contribution in [1.82, 2.24) is 0 Å². The Hall–Kier alpha value is -1.46. The van der Waals surface area contributed by atoms with Gasteiger partial charge in [0.1, 0.15) is 5.78 Å². The van der Waals surface area contributed by atoms with E-state index in [0.29, 0.717) is 25.7 Å². The first kappa shape index (κ1) is 22.6. The lowest BCUT2D eigenvalue weighted by atomic mass is 9.88. The van der Waals surface area contributed by atoms with Crippen molar-refractivity contribution in [3.8, 4) is 0 Å².